The van der Waals surface area contributed by atoms with Gasteiger partial charge in [0.25, 0.3) is 0 Å². The van der Waals surface area contributed by atoms with Gasteiger partial charge in [0, 0.05) is 28.9 Å². The van der Waals surface area contributed by atoms with E-state index in [0.717, 1.165) is 0 Å². The zero-order valence-electron chi connectivity index (χ0n) is 20.3. The Hall–Kier alpha value is -4.98. The average Bonchev–Trinajstić information content (AvgIpc) is 2.84. The quantitative estimate of drug-likeness (QED) is 0.211. The van der Waals surface area contributed by atoms with Crippen LogP contribution in [-0.2, 0) is 5.41 Å². The fraction of sp³-hybridized carbons (Fsp3) is 0.103. The van der Waals surface area contributed by atoms with Gasteiger partial charge >= 0.3 is 11.9 Å². The van der Waals surface area contributed by atoms with E-state index in [1.165, 1.54) is 12.1 Å². The number of carbonyl (C=O) groups is 2. The van der Waals surface area contributed by atoms with Gasteiger partial charge in [-0.05, 0) is 59.7 Å². The van der Waals surface area contributed by atoms with Crippen LogP contribution in [0.15, 0.2) is 84.9 Å². The summed E-state index contributed by atoms with van der Waals surface area (Å²) >= 11 is 0. The number of nitrogen functional groups attached to an aromatic ring is 2. The Morgan fingerprint density at radius 1 is 0.649 bits per heavy atom. The molecule has 188 valence electrons. The van der Waals surface area contributed by atoms with Crippen molar-refractivity contribution >= 4 is 23.3 Å². The fourth-order valence-corrected chi connectivity index (χ4v) is 3.93. The third kappa shape index (κ3) is 5.48. The van der Waals surface area contributed by atoms with Crippen LogP contribution in [0.2, 0.25) is 0 Å². The Morgan fingerprint density at radius 2 is 1.05 bits per heavy atom. The fourth-order valence-electron chi connectivity index (χ4n) is 3.93. The molecule has 4 rings (SSSR count). The number of anilines is 2. The highest BCUT2D eigenvalue weighted by Gasteiger charge is 2.28. The second-order valence-electron chi connectivity index (χ2n) is 9.01. The molecule has 0 fully saturated rings. The van der Waals surface area contributed by atoms with Crippen LogP contribution in [0, 0.1) is 0 Å². The zero-order valence-corrected chi connectivity index (χ0v) is 20.3. The lowest BCUT2D eigenvalue weighted by molar-refractivity contribution is 0.0683. The summed E-state index contributed by atoms with van der Waals surface area (Å²) in [6.45, 7) is 3.76. The number of carboxylic acids is 2. The first-order valence-electron chi connectivity index (χ1n) is 11.4. The Bertz CT molecular complexity index is 1380. The van der Waals surface area contributed by atoms with E-state index in [1.807, 2.05) is 13.8 Å². The molecule has 0 heterocycles. The van der Waals surface area contributed by atoms with Gasteiger partial charge in [-0.3, -0.25) is 0 Å². The molecule has 0 amide bonds. The van der Waals surface area contributed by atoms with Crippen molar-refractivity contribution in [2.45, 2.75) is 19.3 Å². The summed E-state index contributed by atoms with van der Waals surface area (Å²) in [7, 11) is 0. The van der Waals surface area contributed by atoms with E-state index in [1.54, 1.807) is 72.8 Å². The van der Waals surface area contributed by atoms with Crippen molar-refractivity contribution in [1.82, 2.24) is 0 Å². The molecule has 0 atom stereocenters. The first-order valence-corrected chi connectivity index (χ1v) is 11.4. The molecular formula is C29H26N2O6. The van der Waals surface area contributed by atoms with Gasteiger partial charge in [0.1, 0.15) is 34.1 Å². The van der Waals surface area contributed by atoms with Crippen molar-refractivity contribution in [2.75, 3.05) is 11.5 Å². The highest BCUT2D eigenvalue weighted by atomic mass is 16.5. The lowest BCUT2D eigenvalue weighted by Gasteiger charge is -2.27. The predicted octanol–water partition coefficient (Wildman–Crippen LogP) is 6.16. The molecule has 0 bridgehead atoms. The van der Waals surface area contributed by atoms with Crippen LogP contribution >= 0.6 is 0 Å². The lowest BCUT2D eigenvalue weighted by atomic mass is 9.77. The number of nitrogens with two attached hydrogens (primary N) is 2. The number of ether oxygens (including phenoxy) is 2. The maximum Gasteiger partial charge on any atom is 0.339 e. The average molecular weight is 499 g/mol. The molecule has 6 N–H and O–H groups in total. The van der Waals surface area contributed by atoms with Gasteiger partial charge in [-0.1, -0.05) is 38.1 Å². The number of rotatable bonds is 8. The molecule has 0 aliphatic rings. The molecule has 4 aromatic carbocycles. The van der Waals surface area contributed by atoms with E-state index in [-0.39, 0.29) is 22.6 Å². The van der Waals surface area contributed by atoms with E-state index >= 15 is 0 Å². The molecule has 8 heteroatoms. The molecule has 0 unspecified atom stereocenters. The molecule has 37 heavy (non-hydrogen) atoms. The third-order valence-corrected chi connectivity index (χ3v) is 6.04. The number of hydrogen-bond acceptors (Lipinski definition) is 6. The van der Waals surface area contributed by atoms with Gasteiger partial charge in [-0.2, -0.15) is 0 Å². The Morgan fingerprint density at radius 3 is 1.41 bits per heavy atom. The molecule has 0 radical (unpaired) electrons. The van der Waals surface area contributed by atoms with E-state index in [4.69, 9.17) is 20.9 Å². The van der Waals surface area contributed by atoms with Crippen LogP contribution < -0.4 is 20.9 Å². The monoisotopic (exact) mass is 498 g/mol. The minimum absolute atomic E-state index is 0.0342. The number of carboxylic acid groups (broad SMARTS) is 2. The molecular weight excluding hydrogens is 472 g/mol. The Labute approximate surface area is 213 Å². The van der Waals surface area contributed by atoms with Gasteiger partial charge in [0.2, 0.25) is 0 Å². The van der Waals surface area contributed by atoms with Crippen LogP contribution in [0.25, 0.3) is 0 Å². The largest absolute Gasteiger partial charge is 0.478 e. The predicted molar refractivity (Wildman–Crippen MR) is 141 cm³/mol. The maximum absolute atomic E-state index is 12.1. The van der Waals surface area contributed by atoms with Crippen molar-refractivity contribution in [3.63, 3.8) is 0 Å². The van der Waals surface area contributed by atoms with E-state index < -0.39 is 17.4 Å². The first kappa shape index (κ1) is 25.1. The van der Waals surface area contributed by atoms with Crippen LogP contribution in [0.1, 0.15) is 45.7 Å². The van der Waals surface area contributed by atoms with Crippen molar-refractivity contribution in [3.05, 3.63) is 107 Å². The lowest BCUT2D eigenvalue weighted by Crippen LogP contribution is -2.20. The summed E-state index contributed by atoms with van der Waals surface area (Å²) < 4.78 is 11.6. The van der Waals surface area contributed by atoms with Crippen molar-refractivity contribution < 1.29 is 29.3 Å². The van der Waals surface area contributed by atoms with Crippen LogP contribution in [0.5, 0.6) is 23.0 Å². The second-order valence-corrected chi connectivity index (χ2v) is 9.01. The molecule has 8 nitrogen and oxygen atoms in total. The van der Waals surface area contributed by atoms with Crippen LogP contribution in [-0.4, -0.2) is 22.2 Å². The summed E-state index contributed by atoms with van der Waals surface area (Å²) in [5.74, 6) is -1.17. The smallest absolute Gasteiger partial charge is 0.339 e. The normalized spacial score (nSPS) is 11.1. The highest BCUT2D eigenvalue weighted by molar-refractivity contribution is 5.92. The summed E-state index contributed by atoms with van der Waals surface area (Å²) in [6, 6.07) is 23.1. The first-order chi connectivity index (χ1) is 17.5. The molecule has 0 saturated heterocycles. The summed E-state index contributed by atoms with van der Waals surface area (Å²) in [5, 5.41) is 19.7. The van der Waals surface area contributed by atoms with Gasteiger partial charge in [0.15, 0.2) is 0 Å². The minimum atomic E-state index is -1.16. The van der Waals surface area contributed by atoms with Gasteiger partial charge in [0.05, 0.1) is 0 Å². The summed E-state index contributed by atoms with van der Waals surface area (Å²) in [6.07, 6.45) is 0. The summed E-state index contributed by atoms with van der Waals surface area (Å²) in [5.41, 5.74) is 13.1. The minimum Gasteiger partial charge on any atom is -0.478 e. The van der Waals surface area contributed by atoms with Crippen molar-refractivity contribution in [2.24, 2.45) is 0 Å². The van der Waals surface area contributed by atoms with E-state index in [2.05, 4.69) is 0 Å². The molecule has 0 aliphatic heterocycles. The number of benzene rings is 4. The van der Waals surface area contributed by atoms with Crippen LogP contribution in [0.3, 0.4) is 0 Å². The van der Waals surface area contributed by atoms with E-state index in [0.29, 0.717) is 34.0 Å². The van der Waals surface area contributed by atoms with Crippen molar-refractivity contribution in [3.8, 4) is 23.0 Å². The second kappa shape index (κ2) is 9.94. The maximum atomic E-state index is 12.1. The highest BCUT2D eigenvalue weighted by Crippen LogP contribution is 2.38. The molecule has 0 spiro atoms. The van der Waals surface area contributed by atoms with Gasteiger partial charge in [-0.25, -0.2) is 9.59 Å². The van der Waals surface area contributed by atoms with Gasteiger partial charge in [-0.15, -0.1) is 0 Å². The SMILES string of the molecule is CC(C)(c1ccc(Oc2cccc(N)c2)c(C(=O)O)c1)c1ccc(Oc2cccc(N)c2)c(C(=O)O)c1. The molecule has 0 aromatic heterocycles. The van der Waals surface area contributed by atoms with E-state index in [9.17, 15) is 19.8 Å². The molecule has 0 saturated carbocycles. The van der Waals surface area contributed by atoms with Crippen molar-refractivity contribution in [1.29, 1.82) is 0 Å². The topological polar surface area (TPSA) is 145 Å². The molecule has 0 aliphatic carbocycles. The summed E-state index contributed by atoms with van der Waals surface area (Å²) in [4.78, 5) is 24.1. The standard InChI is InChI=1S/C29H26N2O6/c1-29(2,17-9-11-25(23(13-17)27(32)33)36-21-7-3-5-19(30)15-21)18-10-12-26(24(14-18)28(34)35)37-22-8-4-6-20(31)16-22/h3-16H,30-31H2,1-2H3,(H,32,33)(H,34,35). The number of hydrogen-bond donors (Lipinski definition) is 4. The molecule has 4 aromatic rings. The Balaban J connectivity index is 1.70. The zero-order chi connectivity index (χ0) is 26.7. The number of aromatic carboxylic acids is 2. The van der Waals surface area contributed by atoms with Crippen LogP contribution in [0.4, 0.5) is 11.4 Å². The van der Waals surface area contributed by atoms with Gasteiger partial charge < -0.3 is 31.2 Å². The Kier molecular flexibility index (Phi) is 6.75. The third-order valence-electron chi connectivity index (χ3n) is 6.04.